The monoisotopic (exact) mass is 271 g/mol. The van der Waals surface area contributed by atoms with Crippen LogP contribution >= 0.6 is 12.2 Å². The van der Waals surface area contributed by atoms with E-state index in [9.17, 15) is 18.0 Å². The Morgan fingerprint density at radius 3 is 2.41 bits per heavy atom. The molecule has 0 fully saturated rings. The Kier molecular flexibility index (Phi) is 6.40. The van der Waals surface area contributed by atoms with Crippen LogP contribution in [0.3, 0.4) is 0 Å². The highest BCUT2D eigenvalue weighted by molar-refractivity contribution is 7.80. The second kappa shape index (κ2) is 6.75. The van der Waals surface area contributed by atoms with Crippen LogP contribution in [0.5, 0.6) is 0 Å². The van der Waals surface area contributed by atoms with Crippen molar-refractivity contribution in [3.63, 3.8) is 0 Å². The SMILES string of the molecule is CCNC(=O)CN(C)CC(C(N)=S)C(F)(F)F. The number of nitrogens with zero attached hydrogens (tertiary/aromatic N) is 1. The number of carbonyl (C=O) groups excluding carboxylic acids is 1. The van der Waals surface area contributed by atoms with Gasteiger partial charge in [-0.2, -0.15) is 13.2 Å². The number of amides is 1. The van der Waals surface area contributed by atoms with Crippen molar-refractivity contribution in [2.24, 2.45) is 11.7 Å². The zero-order chi connectivity index (χ0) is 13.6. The largest absolute Gasteiger partial charge is 0.399 e. The van der Waals surface area contributed by atoms with Crippen LogP contribution in [0.4, 0.5) is 13.2 Å². The molecule has 0 rings (SSSR count). The van der Waals surface area contributed by atoms with Gasteiger partial charge in [0, 0.05) is 13.1 Å². The van der Waals surface area contributed by atoms with E-state index in [1.165, 1.54) is 11.9 Å². The van der Waals surface area contributed by atoms with E-state index < -0.39 is 23.6 Å². The molecule has 3 N–H and O–H groups in total. The lowest BCUT2D eigenvalue weighted by molar-refractivity contribution is -0.159. The molecule has 0 aromatic carbocycles. The fourth-order valence-corrected chi connectivity index (χ4v) is 1.44. The van der Waals surface area contributed by atoms with Crippen LogP contribution in [0, 0.1) is 5.92 Å². The quantitative estimate of drug-likeness (QED) is 0.692. The van der Waals surface area contributed by atoms with Gasteiger partial charge in [-0.15, -0.1) is 0 Å². The summed E-state index contributed by atoms with van der Waals surface area (Å²) in [6, 6.07) is 0. The highest BCUT2D eigenvalue weighted by Crippen LogP contribution is 2.26. The first-order chi connectivity index (χ1) is 7.68. The predicted octanol–water partition coefficient (Wildman–Crippen LogP) is 0.519. The van der Waals surface area contributed by atoms with E-state index in [0.29, 0.717) is 6.54 Å². The minimum absolute atomic E-state index is 0.122. The van der Waals surface area contributed by atoms with Gasteiger partial charge in [-0.05, 0) is 14.0 Å². The molecule has 0 aliphatic heterocycles. The van der Waals surface area contributed by atoms with Crippen LogP contribution in [-0.2, 0) is 4.79 Å². The second-order valence-corrected chi connectivity index (χ2v) is 4.12. The van der Waals surface area contributed by atoms with Crippen molar-refractivity contribution in [1.82, 2.24) is 10.2 Å². The number of likely N-dealkylation sites (N-methyl/N-ethyl adjacent to an activating group) is 2. The molecule has 1 atom stereocenters. The van der Waals surface area contributed by atoms with E-state index in [1.807, 2.05) is 0 Å². The maximum Gasteiger partial charge on any atom is 0.399 e. The Morgan fingerprint density at radius 1 is 1.53 bits per heavy atom. The molecular weight excluding hydrogens is 255 g/mol. The highest BCUT2D eigenvalue weighted by atomic mass is 32.1. The van der Waals surface area contributed by atoms with Gasteiger partial charge in [-0.3, -0.25) is 9.69 Å². The summed E-state index contributed by atoms with van der Waals surface area (Å²) >= 11 is 4.38. The van der Waals surface area contributed by atoms with Crippen LogP contribution in [-0.4, -0.2) is 48.7 Å². The van der Waals surface area contributed by atoms with Gasteiger partial charge >= 0.3 is 6.18 Å². The third-order valence-corrected chi connectivity index (χ3v) is 2.30. The van der Waals surface area contributed by atoms with Gasteiger partial charge in [0.25, 0.3) is 0 Å². The highest BCUT2D eigenvalue weighted by Gasteiger charge is 2.42. The summed E-state index contributed by atoms with van der Waals surface area (Å²) in [6.07, 6.45) is -4.48. The van der Waals surface area contributed by atoms with E-state index in [1.54, 1.807) is 6.92 Å². The molecule has 4 nitrogen and oxygen atoms in total. The molecule has 0 aromatic rings. The van der Waals surface area contributed by atoms with Crippen molar-refractivity contribution >= 4 is 23.1 Å². The smallest absolute Gasteiger partial charge is 0.393 e. The summed E-state index contributed by atoms with van der Waals surface area (Å²) in [4.78, 5) is 11.8. The molecule has 8 heteroatoms. The van der Waals surface area contributed by atoms with Gasteiger partial charge in [-0.1, -0.05) is 12.2 Å². The van der Waals surface area contributed by atoms with Gasteiger partial charge in [0.2, 0.25) is 5.91 Å². The summed E-state index contributed by atoms with van der Waals surface area (Å²) < 4.78 is 37.6. The average molecular weight is 271 g/mol. The molecule has 0 saturated carbocycles. The molecule has 17 heavy (non-hydrogen) atoms. The van der Waals surface area contributed by atoms with E-state index in [-0.39, 0.29) is 12.5 Å². The van der Waals surface area contributed by atoms with Gasteiger partial charge in [0.05, 0.1) is 11.5 Å². The van der Waals surface area contributed by atoms with E-state index in [0.717, 1.165) is 0 Å². The molecule has 0 aliphatic rings. The Morgan fingerprint density at radius 2 is 2.06 bits per heavy atom. The fourth-order valence-electron chi connectivity index (χ4n) is 1.23. The number of thiocarbonyl (C=S) groups is 1. The van der Waals surface area contributed by atoms with Gasteiger partial charge in [0.15, 0.2) is 0 Å². The van der Waals surface area contributed by atoms with Crippen molar-refractivity contribution in [2.75, 3.05) is 26.7 Å². The van der Waals surface area contributed by atoms with Crippen molar-refractivity contribution in [1.29, 1.82) is 0 Å². The minimum atomic E-state index is -4.48. The minimum Gasteiger partial charge on any atom is -0.393 e. The summed E-state index contributed by atoms with van der Waals surface area (Å²) in [5.41, 5.74) is 5.04. The number of nitrogens with two attached hydrogens (primary N) is 1. The molecule has 0 aliphatic carbocycles. The van der Waals surface area contributed by atoms with Crippen LogP contribution in [0.25, 0.3) is 0 Å². The Labute approximate surface area is 103 Å². The van der Waals surface area contributed by atoms with E-state index in [4.69, 9.17) is 5.73 Å². The second-order valence-electron chi connectivity index (χ2n) is 3.65. The molecule has 0 heterocycles. The maximum absolute atomic E-state index is 12.5. The lowest BCUT2D eigenvalue weighted by Gasteiger charge is -2.24. The van der Waals surface area contributed by atoms with Gasteiger partial charge in [0.1, 0.15) is 5.92 Å². The number of carbonyl (C=O) groups is 1. The average Bonchev–Trinajstić information content (AvgIpc) is 2.12. The third kappa shape index (κ3) is 6.42. The number of halogens is 3. The van der Waals surface area contributed by atoms with Crippen molar-refractivity contribution in [3.8, 4) is 0 Å². The molecular formula is C9H16F3N3OS. The summed E-state index contributed by atoms with van der Waals surface area (Å²) in [5.74, 6) is -2.23. The van der Waals surface area contributed by atoms with Crippen molar-refractivity contribution in [2.45, 2.75) is 13.1 Å². The number of alkyl halides is 3. The zero-order valence-corrected chi connectivity index (χ0v) is 10.5. The molecule has 0 aromatic heterocycles. The normalized spacial score (nSPS) is 13.5. The molecule has 0 spiro atoms. The maximum atomic E-state index is 12.5. The third-order valence-electron chi connectivity index (χ3n) is 2.02. The number of nitrogens with one attached hydrogen (secondary N) is 1. The topological polar surface area (TPSA) is 58.4 Å². The van der Waals surface area contributed by atoms with Crippen LogP contribution in [0.1, 0.15) is 6.92 Å². The summed E-state index contributed by atoms with van der Waals surface area (Å²) in [6.45, 7) is 1.62. The lowest BCUT2D eigenvalue weighted by Crippen LogP contribution is -2.45. The fraction of sp³-hybridized carbons (Fsp3) is 0.778. The first-order valence-corrected chi connectivity index (χ1v) is 5.40. The summed E-state index contributed by atoms with van der Waals surface area (Å²) in [5, 5.41) is 2.49. The predicted molar refractivity (Wildman–Crippen MR) is 62.5 cm³/mol. The van der Waals surface area contributed by atoms with E-state index >= 15 is 0 Å². The van der Waals surface area contributed by atoms with Crippen LogP contribution in [0.15, 0.2) is 0 Å². The van der Waals surface area contributed by atoms with Gasteiger partial charge < -0.3 is 11.1 Å². The molecule has 0 saturated heterocycles. The number of hydrogen-bond acceptors (Lipinski definition) is 3. The van der Waals surface area contributed by atoms with Crippen LogP contribution in [0.2, 0.25) is 0 Å². The Balaban J connectivity index is 4.37. The summed E-state index contributed by atoms with van der Waals surface area (Å²) in [7, 11) is 1.41. The van der Waals surface area contributed by atoms with Crippen LogP contribution < -0.4 is 11.1 Å². The first kappa shape index (κ1) is 16.1. The van der Waals surface area contributed by atoms with Crippen molar-refractivity contribution in [3.05, 3.63) is 0 Å². The lowest BCUT2D eigenvalue weighted by atomic mass is 10.1. The zero-order valence-electron chi connectivity index (χ0n) is 9.67. The Hall–Kier alpha value is -0.890. The number of rotatable bonds is 6. The van der Waals surface area contributed by atoms with Crippen molar-refractivity contribution < 1.29 is 18.0 Å². The standard InChI is InChI=1S/C9H16F3N3OS/c1-3-14-7(16)5-15(2)4-6(8(13)17)9(10,11)12/h6H,3-5H2,1-2H3,(H2,13,17)(H,14,16). The molecule has 1 amide bonds. The Bertz CT molecular complexity index is 283. The first-order valence-electron chi connectivity index (χ1n) is 4.99. The molecule has 100 valence electrons. The van der Waals surface area contributed by atoms with E-state index in [2.05, 4.69) is 17.5 Å². The molecule has 0 radical (unpaired) electrons. The molecule has 1 unspecified atom stereocenters. The number of hydrogen-bond donors (Lipinski definition) is 2. The van der Waals surface area contributed by atoms with Gasteiger partial charge in [-0.25, -0.2) is 0 Å². The molecule has 0 bridgehead atoms.